The molecule has 1 aromatic carbocycles. The molecular weight excluding hydrogens is 215 g/mol. The number of hydrogen-bond acceptors (Lipinski definition) is 4. The van der Waals surface area contributed by atoms with Crippen LogP contribution in [0, 0.1) is 12.7 Å². The van der Waals surface area contributed by atoms with Crippen molar-refractivity contribution in [1.82, 2.24) is 0 Å². The zero-order chi connectivity index (χ0) is 12.3. The van der Waals surface area contributed by atoms with Gasteiger partial charge in [0.05, 0.1) is 6.61 Å². The summed E-state index contributed by atoms with van der Waals surface area (Å²) in [5.74, 6) is -2.55. The monoisotopic (exact) mass is 228 g/mol. The van der Waals surface area contributed by atoms with Gasteiger partial charge in [-0.2, -0.15) is 0 Å². The molecule has 0 heterocycles. The first-order chi connectivity index (χ1) is 7.47. The van der Waals surface area contributed by atoms with Crippen molar-refractivity contribution in [3.63, 3.8) is 0 Å². The summed E-state index contributed by atoms with van der Waals surface area (Å²) in [7, 11) is 0. The van der Waals surface area contributed by atoms with Gasteiger partial charge in [0.25, 0.3) is 0 Å². The molecule has 88 valence electrons. The third-order valence-corrected chi connectivity index (χ3v) is 2.03. The van der Waals surface area contributed by atoms with Crippen LogP contribution in [0.15, 0.2) is 12.1 Å². The first-order valence-electron chi connectivity index (χ1n) is 4.81. The Hall–Kier alpha value is -1.62. The van der Waals surface area contributed by atoms with Crippen molar-refractivity contribution >= 4 is 5.97 Å². The fraction of sp³-hybridized carbons (Fsp3) is 0.364. The summed E-state index contributed by atoms with van der Waals surface area (Å²) in [6.07, 6.45) is -1.72. The number of aliphatic hydroxyl groups excluding tert-OH is 1. The molecule has 0 spiro atoms. The average Bonchev–Trinajstić information content (AvgIpc) is 2.22. The van der Waals surface area contributed by atoms with Crippen LogP contribution in [0.2, 0.25) is 0 Å². The second-order valence-corrected chi connectivity index (χ2v) is 3.34. The molecular formula is C11H13FO4. The van der Waals surface area contributed by atoms with Gasteiger partial charge in [-0.1, -0.05) is 0 Å². The van der Waals surface area contributed by atoms with Crippen LogP contribution in [0.5, 0.6) is 5.75 Å². The molecule has 0 fully saturated rings. The van der Waals surface area contributed by atoms with Crippen molar-refractivity contribution in [1.29, 1.82) is 0 Å². The van der Waals surface area contributed by atoms with E-state index in [1.807, 2.05) is 0 Å². The standard InChI is InChI=1S/C11H13FO4/c1-3-16-11(15)10(14)7-4-6(2)5-8(13)9(7)12/h4-5,10,13-14H,3H2,1-2H3. The number of carbonyl (C=O) groups excluding carboxylic acids is 1. The van der Waals surface area contributed by atoms with E-state index in [4.69, 9.17) is 0 Å². The van der Waals surface area contributed by atoms with Gasteiger partial charge in [0.1, 0.15) is 0 Å². The summed E-state index contributed by atoms with van der Waals surface area (Å²) in [5.41, 5.74) is 0.258. The molecule has 2 N–H and O–H groups in total. The van der Waals surface area contributed by atoms with Gasteiger partial charge in [0.2, 0.25) is 0 Å². The van der Waals surface area contributed by atoms with E-state index in [-0.39, 0.29) is 12.2 Å². The highest BCUT2D eigenvalue weighted by Gasteiger charge is 2.24. The van der Waals surface area contributed by atoms with Crippen LogP contribution < -0.4 is 0 Å². The number of halogens is 1. The Kier molecular flexibility index (Phi) is 3.84. The molecule has 0 radical (unpaired) electrons. The first-order valence-corrected chi connectivity index (χ1v) is 4.81. The Labute approximate surface area is 92.3 Å². The lowest BCUT2D eigenvalue weighted by Gasteiger charge is -2.12. The van der Waals surface area contributed by atoms with Gasteiger partial charge < -0.3 is 14.9 Å². The fourth-order valence-electron chi connectivity index (χ4n) is 1.32. The summed E-state index contributed by atoms with van der Waals surface area (Å²) in [6, 6.07) is 2.49. The van der Waals surface area contributed by atoms with Crippen molar-refractivity contribution in [2.45, 2.75) is 20.0 Å². The van der Waals surface area contributed by atoms with Gasteiger partial charge in [0, 0.05) is 5.56 Å². The number of carbonyl (C=O) groups is 1. The minimum absolute atomic E-state index is 0.0926. The smallest absolute Gasteiger partial charge is 0.339 e. The number of esters is 1. The lowest BCUT2D eigenvalue weighted by atomic mass is 10.1. The number of phenolic OH excluding ortho intramolecular Hbond substituents is 1. The van der Waals surface area contributed by atoms with Crippen LogP contribution in [-0.2, 0) is 9.53 Å². The van der Waals surface area contributed by atoms with E-state index >= 15 is 0 Å². The highest BCUT2D eigenvalue weighted by molar-refractivity contribution is 5.76. The van der Waals surface area contributed by atoms with Crippen LogP contribution >= 0.6 is 0 Å². The Bertz CT molecular complexity index is 403. The number of aliphatic hydroxyl groups is 1. The number of rotatable bonds is 3. The van der Waals surface area contributed by atoms with Gasteiger partial charge >= 0.3 is 5.97 Å². The van der Waals surface area contributed by atoms with E-state index in [1.165, 1.54) is 12.1 Å². The Balaban J connectivity index is 3.08. The van der Waals surface area contributed by atoms with Crippen LogP contribution in [0.1, 0.15) is 24.2 Å². The third kappa shape index (κ3) is 2.49. The molecule has 0 bridgehead atoms. The molecule has 1 aromatic rings. The minimum atomic E-state index is -1.72. The van der Waals surface area contributed by atoms with Gasteiger partial charge in [-0.3, -0.25) is 0 Å². The van der Waals surface area contributed by atoms with Crippen molar-refractivity contribution in [3.05, 3.63) is 29.1 Å². The van der Waals surface area contributed by atoms with Crippen molar-refractivity contribution in [2.24, 2.45) is 0 Å². The number of ether oxygens (including phenoxy) is 1. The van der Waals surface area contributed by atoms with E-state index < -0.39 is 23.6 Å². The number of hydrogen-bond donors (Lipinski definition) is 2. The summed E-state index contributed by atoms with van der Waals surface area (Å²) in [5, 5.41) is 18.7. The van der Waals surface area contributed by atoms with Gasteiger partial charge in [-0.15, -0.1) is 0 Å². The zero-order valence-electron chi connectivity index (χ0n) is 9.03. The van der Waals surface area contributed by atoms with Gasteiger partial charge in [-0.05, 0) is 31.5 Å². The van der Waals surface area contributed by atoms with E-state index in [9.17, 15) is 19.4 Å². The predicted octanol–water partition coefficient (Wildman–Crippen LogP) is 1.44. The SMILES string of the molecule is CCOC(=O)C(O)c1cc(C)cc(O)c1F. The largest absolute Gasteiger partial charge is 0.505 e. The topological polar surface area (TPSA) is 66.8 Å². The molecule has 5 heteroatoms. The predicted molar refractivity (Wildman–Crippen MR) is 54.4 cm³/mol. The molecule has 0 aliphatic carbocycles. The second kappa shape index (κ2) is 4.94. The molecule has 0 aliphatic rings. The first kappa shape index (κ1) is 12.4. The number of aromatic hydroxyl groups is 1. The maximum absolute atomic E-state index is 13.4. The molecule has 1 rings (SSSR count). The van der Waals surface area contributed by atoms with Crippen LogP contribution in [0.3, 0.4) is 0 Å². The van der Waals surface area contributed by atoms with Crippen LogP contribution in [-0.4, -0.2) is 22.8 Å². The summed E-state index contributed by atoms with van der Waals surface area (Å²) in [6.45, 7) is 3.28. The minimum Gasteiger partial charge on any atom is -0.505 e. The molecule has 0 amide bonds. The molecule has 1 atom stereocenters. The highest BCUT2D eigenvalue weighted by atomic mass is 19.1. The Morgan fingerprint density at radius 2 is 2.19 bits per heavy atom. The summed E-state index contributed by atoms with van der Waals surface area (Å²) < 4.78 is 18.0. The van der Waals surface area contributed by atoms with Gasteiger partial charge in [0.15, 0.2) is 17.7 Å². The fourth-order valence-corrected chi connectivity index (χ4v) is 1.32. The van der Waals surface area contributed by atoms with E-state index in [0.29, 0.717) is 5.56 Å². The molecule has 0 saturated heterocycles. The molecule has 0 saturated carbocycles. The Morgan fingerprint density at radius 3 is 2.75 bits per heavy atom. The lowest BCUT2D eigenvalue weighted by Crippen LogP contribution is -2.16. The number of phenols is 1. The van der Waals surface area contributed by atoms with Crippen molar-refractivity contribution in [3.8, 4) is 5.75 Å². The zero-order valence-corrected chi connectivity index (χ0v) is 9.03. The van der Waals surface area contributed by atoms with Crippen LogP contribution in [0.4, 0.5) is 4.39 Å². The molecule has 1 unspecified atom stereocenters. The second-order valence-electron chi connectivity index (χ2n) is 3.34. The highest BCUT2D eigenvalue weighted by Crippen LogP contribution is 2.26. The van der Waals surface area contributed by atoms with Gasteiger partial charge in [-0.25, -0.2) is 9.18 Å². The molecule has 16 heavy (non-hydrogen) atoms. The quantitative estimate of drug-likeness (QED) is 0.768. The van der Waals surface area contributed by atoms with E-state index in [0.717, 1.165) is 0 Å². The number of benzene rings is 1. The van der Waals surface area contributed by atoms with E-state index in [1.54, 1.807) is 13.8 Å². The molecule has 0 aromatic heterocycles. The van der Waals surface area contributed by atoms with Crippen molar-refractivity contribution < 1.29 is 24.1 Å². The number of aryl methyl sites for hydroxylation is 1. The van der Waals surface area contributed by atoms with E-state index in [2.05, 4.69) is 4.74 Å². The third-order valence-electron chi connectivity index (χ3n) is 2.03. The average molecular weight is 228 g/mol. The maximum Gasteiger partial charge on any atom is 0.339 e. The summed E-state index contributed by atoms with van der Waals surface area (Å²) >= 11 is 0. The lowest BCUT2D eigenvalue weighted by molar-refractivity contribution is -0.153. The Morgan fingerprint density at radius 1 is 1.56 bits per heavy atom. The maximum atomic E-state index is 13.4. The van der Waals surface area contributed by atoms with Crippen molar-refractivity contribution in [2.75, 3.05) is 6.61 Å². The summed E-state index contributed by atoms with van der Waals surface area (Å²) in [4.78, 5) is 11.2. The normalized spacial score (nSPS) is 12.2. The van der Waals surface area contributed by atoms with Crippen LogP contribution in [0.25, 0.3) is 0 Å². The molecule has 4 nitrogen and oxygen atoms in total. The molecule has 0 aliphatic heterocycles.